The molecule has 0 bridgehead atoms. The minimum Gasteiger partial charge on any atom is -0.308 e. The standard InChI is InChI=1S/C53H33F3N4/c1-32-12-9-14-34(26-32)36-22-24-48-40(28-36)38-16-5-7-20-46(38)59(48)50-30-42(52-43(53(54,55)56)18-11-19-44(52)57-3)45(58-4)31-51(50)60-47-21-8-6-17-39(47)41-29-37(23-25-49(41)60)35-15-10-13-33(2)27-35/h5-31H,1-2H3. The summed E-state index contributed by atoms with van der Waals surface area (Å²) in [5.41, 5.74) is 9.70. The van der Waals surface area contributed by atoms with Crippen LogP contribution in [0.25, 0.3) is 98.1 Å². The maximum absolute atomic E-state index is 14.9. The molecule has 7 heteroatoms. The van der Waals surface area contributed by atoms with Gasteiger partial charge in [-0.2, -0.15) is 13.2 Å². The number of halogens is 3. The zero-order chi connectivity index (χ0) is 41.3. The Balaban J connectivity index is 1.35. The van der Waals surface area contributed by atoms with E-state index in [2.05, 4.69) is 118 Å². The minimum absolute atomic E-state index is 0.000151. The monoisotopic (exact) mass is 782 g/mol. The maximum Gasteiger partial charge on any atom is 0.415 e. The van der Waals surface area contributed by atoms with E-state index in [4.69, 9.17) is 13.1 Å². The topological polar surface area (TPSA) is 18.6 Å². The van der Waals surface area contributed by atoms with Crippen molar-refractivity contribution in [1.82, 2.24) is 9.13 Å². The third-order valence-electron chi connectivity index (χ3n) is 11.5. The molecule has 0 aliphatic heterocycles. The SMILES string of the molecule is [C-]#[N+]c1cc(-n2c3ccccc3c3cc(-c4cccc(C)c4)ccc32)c(-n2c3ccccc3c3cc(-c4cccc(C)c4)ccc32)cc1-c1c([N+]#[C-])cccc1C(F)(F)F. The fourth-order valence-corrected chi connectivity index (χ4v) is 8.84. The van der Waals surface area contributed by atoms with Crippen molar-refractivity contribution in [2.45, 2.75) is 20.0 Å². The van der Waals surface area contributed by atoms with Crippen molar-refractivity contribution >= 4 is 55.0 Å². The van der Waals surface area contributed by atoms with Crippen LogP contribution >= 0.6 is 0 Å². The molecule has 0 unspecified atom stereocenters. The van der Waals surface area contributed by atoms with Crippen molar-refractivity contribution in [3.63, 3.8) is 0 Å². The zero-order valence-electron chi connectivity index (χ0n) is 32.5. The van der Waals surface area contributed by atoms with Gasteiger partial charge in [0.15, 0.2) is 11.4 Å². The number of aryl methyl sites for hydroxylation is 2. The largest absolute Gasteiger partial charge is 0.415 e. The summed E-state index contributed by atoms with van der Waals surface area (Å²) in [5.74, 6) is 0. The predicted molar refractivity (Wildman–Crippen MR) is 238 cm³/mol. The van der Waals surface area contributed by atoms with Gasteiger partial charge in [0, 0.05) is 21.5 Å². The van der Waals surface area contributed by atoms with Gasteiger partial charge in [0.05, 0.1) is 52.1 Å². The average molecular weight is 783 g/mol. The van der Waals surface area contributed by atoms with Gasteiger partial charge in [-0.1, -0.05) is 126 Å². The molecule has 0 amide bonds. The summed E-state index contributed by atoms with van der Waals surface area (Å²) >= 11 is 0. The highest BCUT2D eigenvalue weighted by atomic mass is 19.4. The number of nitrogens with zero attached hydrogens (tertiary/aromatic N) is 4. The number of benzene rings is 8. The van der Waals surface area contributed by atoms with Crippen LogP contribution in [0, 0.1) is 27.0 Å². The first-order valence-corrected chi connectivity index (χ1v) is 19.5. The van der Waals surface area contributed by atoms with E-state index in [1.165, 1.54) is 12.1 Å². The Morgan fingerprint density at radius 3 is 1.40 bits per heavy atom. The van der Waals surface area contributed by atoms with E-state index in [1.807, 2.05) is 48.5 Å². The molecule has 0 atom stereocenters. The van der Waals surface area contributed by atoms with Crippen molar-refractivity contribution in [3.05, 3.63) is 203 Å². The van der Waals surface area contributed by atoms with Crippen molar-refractivity contribution in [2.24, 2.45) is 0 Å². The first kappa shape index (κ1) is 36.5. The maximum atomic E-state index is 14.9. The molecule has 0 fully saturated rings. The molecule has 0 spiro atoms. The number of para-hydroxylation sites is 2. The predicted octanol–water partition coefficient (Wildman–Crippen LogP) is 15.6. The van der Waals surface area contributed by atoms with Gasteiger partial charge in [0.1, 0.15) is 0 Å². The molecule has 286 valence electrons. The van der Waals surface area contributed by atoms with Crippen LogP contribution in [0.15, 0.2) is 164 Å². The molecule has 10 aromatic rings. The van der Waals surface area contributed by atoms with E-state index in [-0.39, 0.29) is 22.5 Å². The fraction of sp³-hybridized carbons (Fsp3) is 0.0566. The van der Waals surface area contributed by atoms with Crippen molar-refractivity contribution in [3.8, 4) is 44.8 Å². The Kier molecular flexibility index (Phi) is 8.45. The zero-order valence-corrected chi connectivity index (χ0v) is 32.5. The van der Waals surface area contributed by atoms with Crippen LogP contribution in [-0.4, -0.2) is 9.13 Å². The Morgan fingerprint density at radius 2 is 0.900 bits per heavy atom. The van der Waals surface area contributed by atoms with Gasteiger partial charge in [-0.15, -0.1) is 0 Å². The second kappa shape index (κ2) is 13.9. The van der Waals surface area contributed by atoms with Gasteiger partial charge in [0.25, 0.3) is 0 Å². The second-order valence-corrected chi connectivity index (χ2v) is 15.2. The van der Waals surface area contributed by atoms with Crippen LogP contribution in [0.1, 0.15) is 16.7 Å². The van der Waals surface area contributed by atoms with E-state index in [9.17, 15) is 13.2 Å². The molecule has 0 N–H and O–H groups in total. The molecule has 60 heavy (non-hydrogen) atoms. The molecular formula is C53H33F3N4. The smallest absolute Gasteiger partial charge is 0.308 e. The number of aromatic nitrogens is 2. The number of rotatable bonds is 5. The molecule has 0 saturated heterocycles. The second-order valence-electron chi connectivity index (χ2n) is 15.2. The quantitative estimate of drug-likeness (QED) is 0.155. The molecule has 10 rings (SSSR count). The van der Waals surface area contributed by atoms with Gasteiger partial charge >= 0.3 is 6.18 Å². The van der Waals surface area contributed by atoms with Crippen LogP contribution in [0.4, 0.5) is 24.5 Å². The average Bonchev–Trinajstić information content (AvgIpc) is 3.77. The van der Waals surface area contributed by atoms with Gasteiger partial charge in [-0.3, -0.25) is 0 Å². The van der Waals surface area contributed by atoms with E-state index in [0.29, 0.717) is 11.4 Å². The Bertz CT molecular complexity index is 3480. The molecule has 2 aromatic heterocycles. The number of hydrogen-bond donors (Lipinski definition) is 0. The summed E-state index contributed by atoms with van der Waals surface area (Å²) in [6.07, 6.45) is -4.78. The molecular weight excluding hydrogens is 750 g/mol. The van der Waals surface area contributed by atoms with E-state index in [1.54, 1.807) is 12.1 Å². The van der Waals surface area contributed by atoms with Crippen molar-refractivity contribution < 1.29 is 13.2 Å². The lowest BCUT2D eigenvalue weighted by Crippen LogP contribution is -2.08. The molecule has 0 radical (unpaired) electrons. The summed E-state index contributed by atoms with van der Waals surface area (Å²) in [4.78, 5) is 7.46. The fourth-order valence-electron chi connectivity index (χ4n) is 8.84. The summed E-state index contributed by atoms with van der Waals surface area (Å²) in [6, 6.07) is 52.4. The highest BCUT2D eigenvalue weighted by Crippen LogP contribution is 2.49. The molecule has 0 saturated carbocycles. The van der Waals surface area contributed by atoms with Gasteiger partial charge in [-0.05, 0) is 95.8 Å². The number of alkyl halides is 3. The number of hydrogen-bond acceptors (Lipinski definition) is 0. The summed E-state index contributed by atoms with van der Waals surface area (Å²) < 4.78 is 49.0. The highest BCUT2D eigenvalue weighted by Gasteiger charge is 2.36. The summed E-state index contributed by atoms with van der Waals surface area (Å²) in [5, 5.41) is 3.91. The number of fused-ring (bicyclic) bond motifs is 6. The third kappa shape index (κ3) is 5.82. The van der Waals surface area contributed by atoms with Gasteiger partial charge < -0.3 is 9.13 Å². The Labute approximate surface area is 344 Å². The van der Waals surface area contributed by atoms with Crippen LogP contribution in [0.3, 0.4) is 0 Å². The Hall–Kier alpha value is -7.87. The van der Waals surface area contributed by atoms with Crippen LogP contribution < -0.4 is 0 Å². The van der Waals surface area contributed by atoms with Crippen molar-refractivity contribution in [1.29, 1.82) is 0 Å². The summed E-state index contributed by atoms with van der Waals surface area (Å²) in [7, 11) is 0. The minimum atomic E-state index is -4.78. The lowest BCUT2D eigenvalue weighted by Gasteiger charge is -2.22. The molecule has 8 aromatic carbocycles. The van der Waals surface area contributed by atoms with E-state index >= 15 is 0 Å². The molecule has 4 nitrogen and oxygen atoms in total. The normalized spacial score (nSPS) is 11.7. The first-order valence-electron chi connectivity index (χ1n) is 19.5. The molecule has 0 aliphatic rings. The highest BCUT2D eigenvalue weighted by molar-refractivity contribution is 6.13. The van der Waals surface area contributed by atoms with E-state index in [0.717, 1.165) is 83.1 Å². The lowest BCUT2D eigenvalue weighted by molar-refractivity contribution is -0.137. The van der Waals surface area contributed by atoms with Crippen molar-refractivity contribution in [2.75, 3.05) is 0 Å². The van der Waals surface area contributed by atoms with Crippen LogP contribution in [0.5, 0.6) is 0 Å². The Morgan fingerprint density at radius 1 is 0.433 bits per heavy atom. The third-order valence-corrected chi connectivity index (χ3v) is 11.5. The lowest BCUT2D eigenvalue weighted by atomic mass is 9.94. The summed E-state index contributed by atoms with van der Waals surface area (Å²) in [6.45, 7) is 20.6. The van der Waals surface area contributed by atoms with Crippen LogP contribution in [-0.2, 0) is 6.18 Å². The van der Waals surface area contributed by atoms with Crippen LogP contribution in [0.2, 0.25) is 0 Å². The molecule has 0 aliphatic carbocycles. The van der Waals surface area contributed by atoms with Gasteiger partial charge in [0.2, 0.25) is 0 Å². The van der Waals surface area contributed by atoms with E-state index < -0.39 is 11.7 Å². The molecule has 2 heterocycles. The first-order chi connectivity index (χ1) is 29.1. The van der Waals surface area contributed by atoms with Gasteiger partial charge in [-0.25, -0.2) is 9.69 Å².